The molecule has 12 nitrogen and oxygen atoms in total. The molecule has 0 aliphatic carbocycles. The van der Waals surface area contributed by atoms with E-state index in [-0.39, 0.29) is 10.8 Å². The molecule has 1 fully saturated rings. The maximum atomic E-state index is 10.9. The summed E-state index contributed by atoms with van der Waals surface area (Å²) in [6.07, 6.45) is -1.80. The van der Waals surface area contributed by atoms with Crippen molar-refractivity contribution in [3.63, 3.8) is 0 Å². The number of halogens is 2. The highest BCUT2D eigenvalue weighted by molar-refractivity contribution is 7.79. The molecule has 1 saturated heterocycles. The minimum Gasteiger partial charge on any atom is -0.386 e. The Bertz CT molecular complexity index is 1260. The first-order valence-corrected chi connectivity index (χ1v) is 11.3. The minimum absolute atomic E-state index is 0.261. The smallest absolute Gasteiger partial charge is 0.386 e. The van der Waals surface area contributed by atoms with Gasteiger partial charge in [0.1, 0.15) is 41.7 Å². The van der Waals surface area contributed by atoms with Crippen molar-refractivity contribution in [1.82, 2.24) is 14.5 Å². The second kappa shape index (κ2) is 9.29. The first-order valence-electron chi connectivity index (χ1n) is 9.17. The predicted octanol–water partition coefficient (Wildman–Crippen LogP) is 1.41. The molecule has 1 aliphatic rings. The molecule has 0 radical (unpaired) electrons. The summed E-state index contributed by atoms with van der Waals surface area (Å²) in [4.78, 5) is 8.11. The van der Waals surface area contributed by atoms with Gasteiger partial charge in [-0.1, -0.05) is 29.3 Å². The van der Waals surface area contributed by atoms with Gasteiger partial charge >= 0.3 is 10.4 Å². The van der Waals surface area contributed by atoms with Crippen molar-refractivity contribution >= 4 is 50.5 Å². The number of anilines is 1. The normalized spacial score (nSPS) is 26.1. The van der Waals surface area contributed by atoms with Gasteiger partial charge in [0.15, 0.2) is 6.23 Å². The van der Waals surface area contributed by atoms with Crippen LogP contribution in [0.25, 0.3) is 11.0 Å². The van der Waals surface area contributed by atoms with Gasteiger partial charge < -0.3 is 30.4 Å². The maximum Gasteiger partial charge on any atom is 0.394 e. The van der Waals surface area contributed by atoms with Gasteiger partial charge in [-0.25, -0.2) is 9.97 Å². The average molecular weight is 523 g/mol. The highest BCUT2D eigenvalue weighted by Crippen LogP contribution is 2.44. The van der Waals surface area contributed by atoms with E-state index in [1.165, 1.54) is 19.3 Å². The molecule has 33 heavy (non-hydrogen) atoms. The summed E-state index contributed by atoms with van der Waals surface area (Å²) in [5.74, 6) is 0.287. The molecule has 1 aromatic carbocycles. The lowest BCUT2D eigenvalue weighted by molar-refractivity contribution is -0.115. The molecule has 3 aromatic rings. The Kier molecular flexibility index (Phi) is 7.19. The Labute approximate surface area is 197 Å². The minimum atomic E-state index is -4.67. The van der Waals surface area contributed by atoms with Crippen LogP contribution >= 0.6 is 23.2 Å². The van der Waals surface area contributed by atoms with Crippen molar-refractivity contribution in [2.75, 3.05) is 5.73 Å². The zero-order valence-corrected chi connectivity index (χ0v) is 19.1. The number of aromatic nitrogens is 3. The topological polar surface area (TPSA) is 201 Å². The van der Waals surface area contributed by atoms with Crippen molar-refractivity contribution in [3.8, 4) is 0 Å². The molecule has 7 N–H and O–H groups in total. The monoisotopic (exact) mass is 522 g/mol. The first-order chi connectivity index (χ1) is 15.2. The van der Waals surface area contributed by atoms with E-state index in [9.17, 15) is 15.3 Å². The quantitative estimate of drug-likeness (QED) is 0.271. The third-order valence-corrected chi connectivity index (χ3v) is 5.86. The van der Waals surface area contributed by atoms with Crippen molar-refractivity contribution in [2.24, 2.45) is 0 Å². The van der Waals surface area contributed by atoms with E-state index in [0.29, 0.717) is 21.6 Å². The fourth-order valence-corrected chi connectivity index (χ4v) is 3.80. The van der Waals surface area contributed by atoms with Gasteiger partial charge in [-0.05, 0) is 30.7 Å². The van der Waals surface area contributed by atoms with E-state index < -0.39 is 40.5 Å². The summed E-state index contributed by atoms with van der Waals surface area (Å²) in [5.41, 5.74) is 4.94. The number of benzene rings is 1. The van der Waals surface area contributed by atoms with Crippen molar-refractivity contribution in [3.05, 3.63) is 52.4 Å². The number of nitrogen functional groups attached to an aromatic ring is 1. The molecule has 15 heteroatoms. The molecule has 0 saturated carbocycles. The van der Waals surface area contributed by atoms with Gasteiger partial charge in [0.25, 0.3) is 0 Å². The van der Waals surface area contributed by atoms with Crippen LogP contribution in [-0.4, -0.2) is 65.2 Å². The van der Waals surface area contributed by atoms with Gasteiger partial charge in [-0.2, -0.15) is 8.42 Å². The number of aliphatic hydroxyl groups excluding tert-OH is 2. The van der Waals surface area contributed by atoms with Crippen LogP contribution in [0.2, 0.25) is 10.0 Å². The van der Waals surface area contributed by atoms with Crippen LogP contribution in [0, 0.1) is 0 Å². The molecule has 0 bridgehead atoms. The van der Waals surface area contributed by atoms with Gasteiger partial charge in [0, 0.05) is 6.20 Å². The maximum absolute atomic E-state index is 10.9. The molecule has 0 amide bonds. The second-order valence-electron chi connectivity index (χ2n) is 7.40. The number of aliphatic hydroxyl groups is 3. The molecule has 3 heterocycles. The van der Waals surface area contributed by atoms with Crippen LogP contribution in [0.4, 0.5) is 5.82 Å². The Hall–Kier alpha value is -2.07. The molecule has 0 spiro atoms. The van der Waals surface area contributed by atoms with Crippen LogP contribution < -0.4 is 5.73 Å². The van der Waals surface area contributed by atoms with Crippen LogP contribution in [0.1, 0.15) is 24.8 Å². The SMILES string of the molecule is C[C@@]1(O)[C@@H](C(O)c2ccc(Cl)c(Cl)c2)O[C@@H](n2ccc3c(N)ncnc32)[C@@H]1O.O=S(=O)(O)O. The van der Waals surface area contributed by atoms with Gasteiger partial charge in [0.05, 0.1) is 15.4 Å². The third-order valence-electron chi connectivity index (χ3n) is 5.12. The Morgan fingerprint density at radius 1 is 1.21 bits per heavy atom. The Morgan fingerprint density at radius 3 is 2.45 bits per heavy atom. The number of hydrogen-bond acceptors (Lipinski definition) is 9. The lowest BCUT2D eigenvalue weighted by atomic mass is 9.88. The lowest BCUT2D eigenvalue weighted by Gasteiger charge is -2.29. The molecule has 2 aromatic heterocycles. The van der Waals surface area contributed by atoms with E-state index in [0.717, 1.165) is 0 Å². The van der Waals surface area contributed by atoms with E-state index in [1.807, 2.05) is 0 Å². The number of nitrogens with zero attached hydrogens (tertiary/aromatic N) is 3. The van der Waals surface area contributed by atoms with Gasteiger partial charge in [-0.3, -0.25) is 9.11 Å². The molecular weight excluding hydrogens is 503 g/mol. The van der Waals surface area contributed by atoms with Crippen molar-refractivity contribution in [1.29, 1.82) is 0 Å². The average Bonchev–Trinajstić information content (AvgIpc) is 3.22. The summed E-state index contributed by atoms with van der Waals surface area (Å²) in [6.45, 7) is 1.40. The molecule has 180 valence electrons. The van der Waals surface area contributed by atoms with Crippen LogP contribution in [0.5, 0.6) is 0 Å². The molecule has 5 atom stereocenters. The Balaban J connectivity index is 0.000000555. The molecule has 4 rings (SSSR count). The van der Waals surface area contributed by atoms with Gasteiger partial charge in [-0.15, -0.1) is 0 Å². The Morgan fingerprint density at radius 2 is 1.85 bits per heavy atom. The lowest BCUT2D eigenvalue weighted by Crippen LogP contribution is -2.47. The third kappa shape index (κ3) is 5.37. The van der Waals surface area contributed by atoms with E-state index in [4.69, 9.17) is 51.2 Å². The van der Waals surface area contributed by atoms with E-state index in [1.54, 1.807) is 29.0 Å². The van der Waals surface area contributed by atoms with Crippen LogP contribution in [0.15, 0.2) is 36.8 Å². The molecule has 1 unspecified atom stereocenters. The molecular formula is C18H20Cl2N4O8S. The van der Waals surface area contributed by atoms with Crippen LogP contribution in [0.3, 0.4) is 0 Å². The van der Waals surface area contributed by atoms with Crippen molar-refractivity contribution in [2.45, 2.75) is 37.1 Å². The van der Waals surface area contributed by atoms with E-state index >= 15 is 0 Å². The number of hydrogen-bond donors (Lipinski definition) is 6. The summed E-state index contributed by atoms with van der Waals surface area (Å²) in [6, 6.07) is 6.31. The molecule has 1 aliphatic heterocycles. The summed E-state index contributed by atoms with van der Waals surface area (Å²) in [5, 5.41) is 33.7. The predicted molar refractivity (Wildman–Crippen MR) is 118 cm³/mol. The first kappa shape index (κ1) is 25.6. The van der Waals surface area contributed by atoms with E-state index in [2.05, 4.69) is 9.97 Å². The standard InChI is InChI=1S/C18H18Cl2N4O4.H2O4S/c1-18(27)13(26)17(24-5-4-9-15(21)22-7-23-16(9)24)28-14(18)12(25)8-2-3-10(19)11(20)6-8;1-5(2,3)4/h2-7,12-14,17,25-27H,1H3,(H2,21,22,23);(H2,1,2,3,4)/t12?,13-,14+,17+,18-;/m0./s1. The zero-order valence-electron chi connectivity index (χ0n) is 16.8. The second-order valence-corrected chi connectivity index (χ2v) is 9.11. The van der Waals surface area contributed by atoms with Crippen LogP contribution in [-0.2, 0) is 15.1 Å². The summed E-state index contributed by atoms with van der Waals surface area (Å²) in [7, 11) is -4.67. The number of fused-ring (bicyclic) bond motifs is 1. The summed E-state index contributed by atoms with van der Waals surface area (Å²) >= 11 is 12.0. The number of rotatable bonds is 3. The fourth-order valence-electron chi connectivity index (χ4n) is 3.50. The number of nitrogens with two attached hydrogens (primary N) is 1. The van der Waals surface area contributed by atoms with Gasteiger partial charge in [0.2, 0.25) is 0 Å². The zero-order chi connectivity index (χ0) is 24.7. The van der Waals surface area contributed by atoms with Crippen molar-refractivity contribution < 1.29 is 37.6 Å². The highest BCUT2D eigenvalue weighted by atomic mass is 35.5. The number of ether oxygens (including phenoxy) is 1. The highest BCUT2D eigenvalue weighted by Gasteiger charge is 2.55. The largest absolute Gasteiger partial charge is 0.394 e. The summed E-state index contributed by atoms with van der Waals surface area (Å²) < 4.78 is 39.0. The fraction of sp³-hybridized carbons (Fsp3) is 0.333.